The second kappa shape index (κ2) is 7.63. The smallest absolute Gasteiger partial charge is 0.282 e. The van der Waals surface area contributed by atoms with Gasteiger partial charge in [-0.25, -0.2) is 0 Å². The number of hydrogen-bond acceptors (Lipinski definition) is 6. The number of carbonyl (C=O) groups is 1. The summed E-state index contributed by atoms with van der Waals surface area (Å²) in [6, 6.07) is 13.2. The van der Waals surface area contributed by atoms with Gasteiger partial charge in [-0.15, -0.1) is 5.06 Å². The monoisotopic (exact) mass is 404 g/mol. The molecule has 9 heteroatoms. The summed E-state index contributed by atoms with van der Waals surface area (Å²) in [5, 5.41) is 20.5. The van der Waals surface area contributed by atoms with Crippen molar-refractivity contribution < 1.29 is 19.3 Å². The predicted molar refractivity (Wildman–Crippen MR) is 109 cm³/mol. The largest absolute Gasteiger partial charge is 0.489 e. The molecule has 0 saturated carbocycles. The van der Waals surface area contributed by atoms with E-state index in [0.29, 0.717) is 28.5 Å². The maximum Gasteiger partial charge on any atom is 0.282 e. The van der Waals surface area contributed by atoms with Crippen LogP contribution in [0, 0.1) is 15.5 Å². The van der Waals surface area contributed by atoms with E-state index in [1.807, 2.05) is 0 Å². The number of amides is 1. The van der Waals surface area contributed by atoms with Crippen molar-refractivity contribution in [3.05, 3.63) is 87.2 Å². The molecule has 2 aromatic carbocycles. The molecule has 9 nitrogen and oxygen atoms in total. The summed E-state index contributed by atoms with van der Waals surface area (Å²) < 4.78 is 5.65. The molecule has 0 spiro atoms. The second-order valence-corrected chi connectivity index (χ2v) is 6.57. The molecular weight excluding hydrogens is 388 g/mol. The van der Waals surface area contributed by atoms with Crippen LogP contribution in [-0.2, 0) is 16.2 Å². The normalized spacial score (nSPS) is 16.7. The van der Waals surface area contributed by atoms with Crippen molar-refractivity contribution in [2.75, 3.05) is 0 Å². The highest BCUT2D eigenvalue weighted by molar-refractivity contribution is 6.32. The Morgan fingerprint density at radius 2 is 1.97 bits per heavy atom. The van der Waals surface area contributed by atoms with Gasteiger partial charge >= 0.3 is 0 Å². The molecule has 2 aliphatic rings. The lowest BCUT2D eigenvalue weighted by molar-refractivity contribution is -0.385. The molecule has 0 fully saturated rings. The van der Waals surface area contributed by atoms with Gasteiger partial charge < -0.3 is 9.57 Å². The summed E-state index contributed by atoms with van der Waals surface area (Å²) in [4.78, 5) is 32.2. The van der Waals surface area contributed by atoms with E-state index >= 15 is 0 Å². The standard InChI is InChI=1S/C21H16N4O5/c1-13-10-19-23-21(26)17(20(22)24(19)30-13)11-14-6-8-16(9-7-14)29-12-15-4-2-3-5-18(15)25(27)28/h2-11,22H,12H2,1H3/b17-11-,22-20?. The predicted octanol–water partition coefficient (Wildman–Crippen LogP) is 3.62. The Morgan fingerprint density at radius 1 is 1.23 bits per heavy atom. The highest BCUT2D eigenvalue weighted by atomic mass is 16.7. The van der Waals surface area contributed by atoms with Crippen molar-refractivity contribution in [2.45, 2.75) is 13.5 Å². The minimum absolute atomic E-state index is 0.00181. The van der Waals surface area contributed by atoms with Crippen molar-refractivity contribution in [3.8, 4) is 5.75 Å². The first-order valence-corrected chi connectivity index (χ1v) is 8.97. The number of hydrogen-bond donors (Lipinski definition) is 1. The third-order valence-electron chi connectivity index (χ3n) is 4.45. The molecule has 1 amide bonds. The number of ether oxygens (including phenoxy) is 1. The van der Waals surface area contributed by atoms with Gasteiger partial charge in [0.1, 0.15) is 18.1 Å². The van der Waals surface area contributed by atoms with Crippen LogP contribution in [0.15, 0.2) is 70.9 Å². The molecule has 0 saturated heterocycles. The van der Waals surface area contributed by atoms with Gasteiger partial charge in [-0.1, -0.05) is 24.3 Å². The second-order valence-electron chi connectivity index (χ2n) is 6.57. The molecule has 0 aliphatic carbocycles. The number of nitro groups is 1. The van der Waals surface area contributed by atoms with Gasteiger partial charge in [0, 0.05) is 12.1 Å². The van der Waals surface area contributed by atoms with E-state index in [4.69, 9.17) is 15.0 Å². The highest BCUT2D eigenvalue weighted by Crippen LogP contribution is 2.25. The summed E-state index contributed by atoms with van der Waals surface area (Å²) in [5.74, 6) is 0.752. The summed E-state index contributed by atoms with van der Waals surface area (Å²) in [6.45, 7) is 1.77. The first kappa shape index (κ1) is 19.1. The lowest BCUT2D eigenvalue weighted by Crippen LogP contribution is -2.38. The molecule has 0 radical (unpaired) electrons. The number of nitro benzene ring substituents is 1. The van der Waals surface area contributed by atoms with Crippen molar-refractivity contribution in [1.82, 2.24) is 5.06 Å². The maximum absolute atomic E-state index is 12.3. The van der Waals surface area contributed by atoms with Crippen molar-refractivity contribution in [2.24, 2.45) is 4.99 Å². The molecular formula is C21H16N4O5. The number of hydroxylamine groups is 2. The van der Waals surface area contributed by atoms with Crippen LogP contribution in [0.4, 0.5) is 5.69 Å². The van der Waals surface area contributed by atoms with E-state index in [-0.39, 0.29) is 23.7 Å². The van der Waals surface area contributed by atoms with Crippen LogP contribution in [0.1, 0.15) is 18.1 Å². The van der Waals surface area contributed by atoms with Crippen molar-refractivity contribution >= 4 is 29.3 Å². The van der Waals surface area contributed by atoms with Crippen molar-refractivity contribution in [1.29, 1.82) is 5.41 Å². The number of benzene rings is 2. The van der Waals surface area contributed by atoms with Gasteiger partial charge in [0.2, 0.25) is 0 Å². The molecule has 0 atom stereocenters. The maximum atomic E-state index is 12.3. The highest BCUT2D eigenvalue weighted by Gasteiger charge is 2.34. The van der Waals surface area contributed by atoms with E-state index in [1.54, 1.807) is 61.5 Å². The van der Waals surface area contributed by atoms with Crippen LogP contribution >= 0.6 is 0 Å². The zero-order chi connectivity index (χ0) is 21.3. The zero-order valence-electron chi connectivity index (χ0n) is 15.9. The van der Waals surface area contributed by atoms with E-state index in [9.17, 15) is 14.9 Å². The Hall–Kier alpha value is -4.27. The number of carbonyl (C=O) groups excluding carboxylic acids is 1. The fourth-order valence-electron chi connectivity index (χ4n) is 3.00. The minimum Gasteiger partial charge on any atom is -0.489 e. The summed E-state index contributed by atoms with van der Waals surface area (Å²) in [6.07, 6.45) is 3.14. The Kier molecular flexibility index (Phi) is 4.85. The van der Waals surface area contributed by atoms with Crippen LogP contribution in [0.3, 0.4) is 0 Å². The zero-order valence-corrected chi connectivity index (χ0v) is 15.9. The lowest BCUT2D eigenvalue weighted by atomic mass is 10.1. The molecule has 0 unspecified atom stereocenters. The van der Waals surface area contributed by atoms with Crippen molar-refractivity contribution in [3.63, 3.8) is 0 Å². The summed E-state index contributed by atoms with van der Waals surface area (Å²) in [5.41, 5.74) is 1.25. The van der Waals surface area contributed by atoms with Crippen LogP contribution < -0.4 is 4.74 Å². The summed E-state index contributed by atoms with van der Waals surface area (Å²) in [7, 11) is 0. The Labute approximate surface area is 171 Å². The van der Waals surface area contributed by atoms with E-state index < -0.39 is 10.8 Å². The van der Waals surface area contributed by atoms with E-state index in [2.05, 4.69) is 4.99 Å². The quantitative estimate of drug-likeness (QED) is 0.462. The number of nitrogens with zero attached hydrogens (tertiary/aromatic N) is 3. The Morgan fingerprint density at radius 3 is 2.70 bits per heavy atom. The average Bonchev–Trinajstić information content (AvgIpc) is 3.11. The average molecular weight is 404 g/mol. The number of para-hydroxylation sites is 1. The third kappa shape index (κ3) is 3.68. The molecule has 2 aliphatic heterocycles. The number of allylic oxidation sites excluding steroid dienone is 1. The van der Waals surface area contributed by atoms with Gasteiger partial charge in [-0.2, -0.15) is 4.99 Å². The number of nitrogens with one attached hydrogen (secondary N) is 1. The summed E-state index contributed by atoms with van der Waals surface area (Å²) >= 11 is 0. The van der Waals surface area contributed by atoms with Crippen LogP contribution in [0.5, 0.6) is 5.75 Å². The van der Waals surface area contributed by atoms with Crippen LogP contribution in [0.25, 0.3) is 6.08 Å². The lowest BCUT2D eigenvalue weighted by Gasteiger charge is -2.22. The van der Waals surface area contributed by atoms with E-state index in [1.165, 1.54) is 11.1 Å². The third-order valence-corrected chi connectivity index (χ3v) is 4.45. The fraction of sp³-hybridized carbons (Fsp3) is 0.0952. The molecule has 30 heavy (non-hydrogen) atoms. The first-order valence-electron chi connectivity index (χ1n) is 8.97. The Balaban J connectivity index is 1.48. The van der Waals surface area contributed by atoms with Crippen LogP contribution in [0.2, 0.25) is 0 Å². The van der Waals surface area contributed by atoms with Gasteiger partial charge in [0.25, 0.3) is 11.6 Å². The van der Waals surface area contributed by atoms with Gasteiger partial charge in [0.05, 0.1) is 16.1 Å². The Bertz CT molecular complexity index is 1150. The SMILES string of the molecule is CC1=CC2=NC(=O)/C(=C\c3ccc(OCc4ccccc4[N+](=O)[O-])cc3)C(=N)N2O1. The molecule has 1 N–H and O–H groups in total. The molecule has 2 heterocycles. The minimum atomic E-state index is -0.516. The van der Waals surface area contributed by atoms with Crippen LogP contribution in [-0.4, -0.2) is 27.6 Å². The van der Waals surface area contributed by atoms with Gasteiger partial charge in [-0.3, -0.25) is 20.3 Å². The number of fused-ring (bicyclic) bond motifs is 1. The number of amidine groups is 2. The van der Waals surface area contributed by atoms with Gasteiger partial charge in [0.15, 0.2) is 11.7 Å². The molecule has 0 bridgehead atoms. The number of rotatable bonds is 5. The molecule has 4 rings (SSSR count). The topological polar surface area (TPSA) is 118 Å². The first-order chi connectivity index (χ1) is 14.4. The molecule has 150 valence electrons. The number of aliphatic imine (C=N–C) groups is 1. The molecule has 0 aromatic heterocycles. The van der Waals surface area contributed by atoms with E-state index in [0.717, 1.165) is 0 Å². The van der Waals surface area contributed by atoms with Gasteiger partial charge in [-0.05, 0) is 36.8 Å². The molecule has 2 aromatic rings. The fourth-order valence-corrected chi connectivity index (χ4v) is 3.00.